The van der Waals surface area contributed by atoms with Crippen molar-refractivity contribution in [2.45, 2.75) is 123 Å². The summed E-state index contributed by atoms with van der Waals surface area (Å²) in [5.41, 5.74) is -2.03. The standard InChI is InChI=1S/C29H54N6O10/c1-27(2,3)43-24(40)31-14-10-12-19(18-21(36)30-16-17-33-26(42)45-29(7,8)9)34-22(37)20(35-23(38)39)13-11-15-32-25(41)44-28(4,5)6/h19-20,35H,10-18H2,1-9H3,(H,30,36)(H,31,40)(H,32,41)(H,33,42)(H,34,37)(H,38,39)/t19-,20-/m0/s1. The quantitative estimate of drug-likeness (QED) is 0.0959. The number of carbonyl (C=O) groups is 6. The van der Waals surface area contributed by atoms with Gasteiger partial charge in [0, 0.05) is 38.6 Å². The molecule has 0 fully saturated rings. The van der Waals surface area contributed by atoms with Crippen molar-refractivity contribution < 1.29 is 48.1 Å². The van der Waals surface area contributed by atoms with Gasteiger partial charge in [-0.3, -0.25) is 9.59 Å². The van der Waals surface area contributed by atoms with Gasteiger partial charge in [0.1, 0.15) is 22.8 Å². The molecule has 0 spiro atoms. The largest absolute Gasteiger partial charge is 0.465 e. The average molecular weight is 647 g/mol. The molecule has 0 aromatic heterocycles. The SMILES string of the molecule is CC(C)(C)OC(=O)NCCC[C@@H](CC(=O)NCCNC(=O)OC(C)(C)C)NC(=O)[C@H](CCCNC(=O)OC(C)(C)C)NC(=O)O. The molecule has 0 bridgehead atoms. The van der Waals surface area contributed by atoms with Crippen molar-refractivity contribution in [2.24, 2.45) is 0 Å². The lowest BCUT2D eigenvalue weighted by atomic mass is 10.0. The van der Waals surface area contributed by atoms with E-state index in [0.717, 1.165) is 0 Å². The highest BCUT2D eigenvalue weighted by Gasteiger charge is 2.25. The van der Waals surface area contributed by atoms with E-state index < -0.39 is 65.1 Å². The lowest BCUT2D eigenvalue weighted by molar-refractivity contribution is -0.125. The van der Waals surface area contributed by atoms with Gasteiger partial charge in [0.2, 0.25) is 11.8 Å². The van der Waals surface area contributed by atoms with Crippen LogP contribution in [0.1, 0.15) is 94.4 Å². The maximum absolute atomic E-state index is 13.1. The smallest absolute Gasteiger partial charge is 0.407 e. The van der Waals surface area contributed by atoms with Crippen molar-refractivity contribution in [1.29, 1.82) is 0 Å². The number of rotatable bonds is 16. The van der Waals surface area contributed by atoms with E-state index in [2.05, 4.69) is 31.9 Å². The minimum absolute atomic E-state index is 0.0589. The Kier molecular flexibility index (Phi) is 17.7. The molecule has 0 saturated heterocycles. The van der Waals surface area contributed by atoms with Crippen molar-refractivity contribution in [3.63, 3.8) is 0 Å². The number of ether oxygens (including phenoxy) is 3. The summed E-state index contributed by atoms with van der Waals surface area (Å²) in [6.45, 7) is 16.1. The van der Waals surface area contributed by atoms with Gasteiger partial charge in [-0.25, -0.2) is 19.2 Å². The van der Waals surface area contributed by atoms with Crippen molar-refractivity contribution in [3.8, 4) is 0 Å². The first-order chi connectivity index (χ1) is 20.6. The fourth-order valence-corrected chi connectivity index (χ4v) is 3.59. The second kappa shape index (κ2) is 19.4. The topological polar surface area (TPSA) is 223 Å². The van der Waals surface area contributed by atoms with Gasteiger partial charge in [0.05, 0.1) is 0 Å². The third kappa shape index (κ3) is 25.1. The Balaban J connectivity index is 5.19. The lowest BCUT2D eigenvalue weighted by Crippen LogP contribution is -2.50. The highest BCUT2D eigenvalue weighted by atomic mass is 16.6. The molecule has 6 amide bonds. The van der Waals surface area contributed by atoms with E-state index in [1.807, 2.05) is 0 Å². The highest BCUT2D eigenvalue weighted by Crippen LogP contribution is 2.09. The normalized spacial score (nSPS) is 12.9. The van der Waals surface area contributed by atoms with Crippen LogP contribution >= 0.6 is 0 Å². The van der Waals surface area contributed by atoms with E-state index in [-0.39, 0.29) is 51.9 Å². The summed E-state index contributed by atoms with van der Waals surface area (Å²) in [4.78, 5) is 72.8. The molecule has 16 nitrogen and oxygen atoms in total. The summed E-state index contributed by atoms with van der Waals surface area (Å²) in [7, 11) is 0. The van der Waals surface area contributed by atoms with Crippen LogP contribution in [0.15, 0.2) is 0 Å². The Bertz CT molecular complexity index is 986. The number of nitrogens with one attached hydrogen (secondary N) is 6. The third-order valence-electron chi connectivity index (χ3n) is 5.24. The summed E-state index contributed by atoms with van der Waals surface area (Å²) in [5.74, 6) is -1.07. The predicted octanol–water partition coefficient (Wildman–Crippen LogP) is 2.75. The molecule has 0 aromatic rings. The predicted molar refractivity (Wildman–Crippen MR) is 166 cm³/mol. The van der Waals surface area contributed by atoms with Crippen LogP contribution in [0.4, 0.5) is 19.2 Å². The zero-order valence-corrected chi connectivity index (χ0v) is 28.1. The first-order valence-corrected chi connectivity index (χ1v) is 15.0. The Morgan fingerprint density at radius 2 is 0.978 bits per heavy atom. The summed E-state index contributed by atoms with van der Waals surface area (Å²) in [5, 5.41) is 24.5. The van der Waals surface area contributed by atoms with Crippen LogP contribution in [-0.4, -0.2) is 96.4 Å². The fourth-order valence-electron chi connectivity index (χ4n) is 3.59. The van der Waals surface area contributed by atoms with E-state index in [1.54, 1.807) is 62.3 Å². The van der Waals surface area contributed by atoms with E-state index in [1.165, 1.54) is 0 Å². The molecule has 16 heteroatoms. The van der Waals surface area contributed by atoms with Gasteiger partial charge < -0.3 is 51.2 Å². The maximum Gasteiger partial charge on any atom is 0.407 e. The summed E-state index contributed by atoms with van der Waals surface area (Å²) in [6, 6.07) is -1.87. The number of carbonyl (C=O) groups excluding carboxylic acids is 5. The monoisotopic (exact) mass is 646 g/mol. The number of carboxylic acid groups (broad SMARTS) is 1. The minimum Gasteiger partial charge on any atom is -0.465 e. The molecular formula is C29H54N6O10. The summed E-state index contributed by atoms with van der Waals surface area (Å²) in [6.07, 6.45) is -2.48. The maximum atomic E-state index is 13.1. The highest BCUT2D eigenvalue weighted by molar-refractivity contribution is 5.86. The van der Waals surface area contributed by atoms with Crippen LogP contribution in [0.25, 0.3) is 0 Å². The van der Waals surface area contributed by atoms with Gasteiger partial charge in [-0.2, -0.15) is 0 Å². The Morgan fingerprint density at radius 3 is 1.40 bits per heavy atom. The fraction of sp³-hybridized carbons (Fsp3) is 0.793. The number of amides is 6. The molecule has 0 aliphatic rings. The molecule has 0 aliphatic heterocycles. The van der Waals surface area contributed by atoms with E-state index in [9.17, 15) is 33.9 Å². The van der Waals surface area contributed by atoms with E-state index in [4.69, 9.17) is 14.2 Å². The number of hydrogen-bond acceptors (Lipinski definition) is 9. The summed E-state index contributed by atoms with van der Waals surface area (Å²) < 4.78 is 15.5. The third-order valence-corrected chi connectivity index (χ3v) is 5.24. The first kappa shape index (κ1) is 41.0. The average Bonchev–Trinajstić information content (AvgIpc) is 2.82. The molecular weight excluding hydrogens is 592 g/mol. The van der Waals surface area contributed by atoms with E-state index in [0.29, 0.717) is 6.42 Å². The second-order valence-electron chi connectivity index (χ2n) is 13.3. The molecule has 0 saturated carbocycles. The van der Waals surface area contributed by atoms with Crippen LogP contribution in [0.5, 0.6) is 0 Å². The van der Waals surface area contributed by atoms with Crippen LogP contribution in [0, 0.1) is 0 Å². The second-order valence-corrected chi connectivity index (χ2v) is 13.3. The summed E-state index contributed by atoms with van der Waals surface area (Å²) >= 11 is 0. The van der Waals surface area contributed by atoms with Crippen LogP contribution < -0.4 is 31.9 Å². The molecule has 45 heavy (non-hydrogen) atoms. The van der Waals surface area contributed by atoms with Crippen LogP contribution in [-0.2, 0) is 23.8 Å². The van der Waals surface area contributed by atoms with Gasteiger partial charge in [0.15, 0.2) is 0 Å². The molecule has 0 rings (SSSR count). The van der Waals surface area contributed by atoms with Crippen molar-refractivity contribution in [2.75, 3.05) is 26.2 Å². The van der Waals surface area contributed by atoms with E-state index >= 15 is 0 Å². The van der Waals surface area contributed by atoms with Crippen molar-refractivity contribution in [1.82, 2.24) is 31.9 Å². The number of hydrogen-bond donors (Lipinski definition) is 7. The molecule has 7 N–H and O–H groups in total. The Hall–Kier alpha value is -3.98. The lowest BCUT2D eigenvalue weighted by Gasteiger charge is -2.23. The van der Waals surface area contributed by atoms with Crippen molar-refractivity contribution in [3.05, 3.63) is 0 Å². The van der Waals surface area contributed by atoms with Gasteiger partial charge in [-0.15, -0.1) is 0 Å². The zero-order chi connectivity index (χ0) is 34.8. The molecule has 260 valence electrons. The van der Waals surface area contributed by atoms with Crippen LogP contribution in [0.2, 0.25) is 0 Å². The van der Waals surface area contributed by atoms with Gasteiger partial charge in [-0.05, 0) is 88.0 Å². The van der Waals surface area contributed by atoms with Crippen LogP contribution in [0.3, 0.4) is 0 Å². The van der Waals surface area contributed by atoms with Gasteiger partial charge >= 0.3 is 24.4 Å². The molecule has 0 aliphatic carbocycles. The number of alkyl carbamates (subject to hydrolysis) is 3. The molecule has 0 aromatic carbocycles. The molecule has 0 unspecified atom stereocenters. The Morgan fingerprint density at radius 1 is 0.578 bits per heavy atom. The van der Waals surface area contributed by atoms with Gasteiger partial charge in [-0.1, -0.05) is 0 Å². The first-order valence-electron chi connectivity index (χ1n) is 15.0. The van der Waals surface area contributed by atoms with Crippen molar-refractivity contribution >= 4 is 36.2 Å². The zero-order valence-electron chi connectivity index (χ0n) is 28.1. The molecule has 0 heterocycles. The Labute approximate surface area is 265 Å². The van der Waals surface area contributed by atoms with Gasteiger partial charge in [0.25, 0.3) is 0 Å². The molecule has 0 radical (unpaired) electrons. The minimum atomic E-state index is -1.41. The molecule has 2 atom stereocenters.